The van der Waals surface area contributed by atoms with Crippen molar-refractivity contribution < 1.29 is 19.5 Å². The Kier molecular flexibility index (Phi) is 9.41. The van der Waals surface area contributed by atoms with Crippen LogP contribution in [0.15, 0.2) is 30.3 Å². The van der Waals surface area contributed by atoms with Crippen molar-refractivity contribution in [3.05, 3.63) is 35.9 Å². The van der Waals surface area contributed by atoms with Crippen LogP contribution in [0.1, 0.15) is 32.3 Å². The van der Waals surface area contributed by atoms with Crippen molar-refractivity contribution in [3.63, 3.8) is 0 Å². The molecule has 0 saturated carbocycles. The Morgan fingerprint density at radius 1 is 1.19 bits per heavy atom. The summed E-state index contributed by atoms with van der Waals surface area (Å²) in [6.45, 7) is 3.43. The van der Waals surface area contributed by atoms with Gasteiger partial charge in [0, 0.05) is 6.54 Å². The molecule has 2 unspecified atom stereocenters. The van der Waals surface area contributed by atoms with Crippen molar-refractivity contribution in [1.29, 1.82) is 0 Å². The standard InChI is InChI=1S/C18H29N5O4/c1-12(13(2)24)22-16(25)15(9-6-10-21-17(19)20)23(18(26)27)11-14-7-4-3-5-8-14/h3-5,7-8,12,15,17,21H,6,9-11,19-20H2,1-2H3,(H,22,25)(H,26,27). The van der Waals surface area contributed by atoms with Crippen LogP contribution in [0.25, 0.3) is 0 Å². The summed E-state index contributed by atoms with van der Waals surface area (Å²) >= 11 is 0. The van der Waals surface area contributed by atoms with Gasteiger partial charge >= 0.3 is 6.09 Å². The molecule has 9 heteroatoms. The van der Waals surface area contributed by atoms with Gasteiger partial charge < -0.3 is 21.9 Å². The van der Waals surface area contributed by atoms with E-state index in [0.717, 1.165) is 10.5 Å². The van der Waals surface area contributed by atoms with Crippen molar-refractivity contribution in [1.82, 2.24) is 15.5 Å². The highest BCUT2D eigenvalue weighted by molar-refractivity contribution is 5.90. The third-order valence-electron chi connectivity index (χ3n) is 4.12. The van der Waals surface area contributed by atoms with Crippen LogP contribution in [-0.4, -0.2) is 52.7 Å². The molecule has 27 heavy (non-hydrogen) atoms. The summed E-state index contributed by atoms with van der Waals surface area (Å²) in [6.07, 6.45) is -1.15. The van der Waals surface area contributed by atoms with Gasteiger partial charge in [0.05, 0.1) is 6.04 Å². The van der Waals surface area contributed by atoms with Gasteiger partial charge in [-0.1, -0.05) is 30.3 Å². The molecule has 7 N–H and O–H groups in total. The molecule has 150 valence electrons. The van der Waals surface area contributed by atoms with E-state index in [1.54, 1.807) is 31.2 Å². The normalized spacial score (nSPS) is 13.1. The highest BCUT2D eigenvalue weighted by Gasteiger charge is 2.30. The zero-order chi connectivity index (χ0) is 20.4. The molecule has 0 heterocycles. The van der Waals surface area contributed by atoms with E-state index < -0.39 is 30.4 Å². The molecule has 1 rings (SSSR count). The van der Waals surface area contributed by atoms with E-state index in [9.17, 15) is 19.5 Å². The van der Waals surface area contributed by atoms with E-state index in [1.807, 2.05) is 6.07 Å². The maximum absolute atomic E-state index is 12.7. The maximum Gasteiger partial charge on any atom is 0.408 e. The van der Waals surface area contributed by atoms with Crippen molar-refractivity contribution in [2.75, 3.05) is 6.54 Å². The molecule has 0 aromatic heterocycles. The molecule has 0 radical (unpaired) electrons. The van der Waals surface area contributed by atoms with Gasteiger partial charge in [0.2, 0.25) is 5.91 Å². The summed E-state index contributed by atoms with van der Waals surface area (Å²) in [6, 6.07) is 7.37. The van der Waals surface area contributed by atoms with Crippen LogP contribution in [0.3, 0.4) is 0 Å². The number of Topliss-reactive ketones (excluding diaryl/α,β-unsaturated/α-hetero) is 1. The number of hydrogen-bond donors (Lipinski definition) is 5. The number of carboxylic acid groups (broad SMARTS) is 1. The lowest BCUT2D eigenvalue weighted by Crippen LogP contribution is -2.52. The average molecular weight is 379 g/mol. The number of benzene rings is 1. The smallest absolute Gasteiger partial charge is 0.408 e. The molecule has 9 nitrogen and oxygen atoms in total. The Labute approximate surface area is 159 Å². The number of nitrogens with one attached hydrogen (secondary N) is 2. The lowest BCUT2D eigenvalue weighted by atomic mass is 10.1. The number of amides is 2. The molecule has 0 spiro atoms. The quantitative estimate of drug-likeness (QED) is 0.272. The van der Waals surface area contributed by atoms with Crippen LogP contribution in [0.2, 0.25) is 0 Å². The molecule has 0 bridgehead atoms. The predicted molar refractivity (Wildman–Crippen MR) is 101 cm³/mol. The number of rotatable bonds is 11. The van der Waals surface area contributed by atoms with Gasteiger partial charge in [0.1, 0.15) is 12.3 Å². The minimum absolute atomic E-state index is 0.0620. The third kappa shape index (κ3) is 8.16. The number of nitrogens with zero attached hydrogens (tertiary/aromatic N) is 1. The van der Waals surface area contributed by atoms with E-state index in [0.29, 0.717) is 13.0 Å². The fourth-order valence-electron chi connectivity index (χ4n) is 2.50. The van der Waals surface area contributed by atoms with Crippen LogP contribution in [0.4, 0.5) is 4.79 Å². The summed E-state index contributed by atoms with van der Waals surface area (Å²) in [7, 11) is 0. The van der Waals surface area contributed by atoms with Crippen LogP contribution >= 0.6 is 0 Å². The summed E-state index contributed by atoms with van der Waals surface area (Å²) in [5, 5.41) is 15.1. The number of ketones is 1. The summed E-state index contributed by atoms with van der Waals surface area (Å²) < 4.78 is 0. The van der Waals surface area contributed by atoms with Gasteiger partial charge in [0.15, 0.2) is 5.78 Å². The topological polar surface area (TPSA) is 151 Å². The largest absolute Gasteiger partial charge is 0.465 e. The van der Waals surface area contributed by atoms with Gasteiger partial charge in [-0.2, -0.15) is 0 Å². The summed E-state index contributed by atoms with van der Waals surface area (Å²) in [4.78, 5) is 37.1. The van der Waals surface area contributed by atoms with Gasteiger partial charge in [0.25, 0.3) is 0 Å². The summed E-state index contributed by atoms with van der Waals surface area (Å²) in [5.41, 5.74) is 11.6. The SMILES string of the molecule is CC(=O)C(C)NC(=O)C(CCCNC(N)N)N(Cc1ccccc1)C(=O)O. The van der Waals surface area contributed by atoms with E-state index in [1.165, 1.54) is 6.92 Å². The Balaban J connectivity index is 2.94. The Hall–Kier alpha value is -2.49. The van der Waals surface area contributed by atoms with E-state index in [2.05, 4.69) is 10.6 Å². The van der Waals surface area contributed by atoms with E-state index in [4.69, 9.17) is 11.5 Å². The molecule has 0 fully saturated rings. The second-order valence-corrected chi connectivity index (χ2v) is 6.37. The minimum Gasteiger partial charge on any atom is -0.465 e. The third-order valence-corrected chi connectivity index (χ3v) is 4.12. The molecule has 0 aliphatic carbocycles. The Morgan fingerprint density at radius 2 is 1.81 bits per heavy atom. The summed E-state index contributed by atoms with van der Waals surface area (Å²) in [5.74, 6) is -0.712. The highest BCUT2D eigenvalue weighted by Crippen LogP contribution is 2.14. The predicted octanol–water partition coefficient (Wildman–Crippen LogP) is 0.200. The van der Waals surface area contributed by atoms with Gasteiger partial charge in [-0.15, -0.1) is 0 Å². The zero-order valence-electron chi connectivity index (χ0n) is 15.7. The number of nitrogens with two attached hydrogens (primary N) is 2. The van der Waals surface area contributed by atoms with Crippen molar-refractivity contribution in [2.45, 2.75) is 51.6 Å². The first-order valence-electron chi connectivity index (χ1n) is 8.81. The molecule has 0 aliphatic heterocycles. The van der Waals surface area contributed by atoms with E-state index in [-0.39, 0.29) is 18.7 Å². The molecular formula is C18H29N5O4. The fraction of sp³-hybridized carbons (Fsp3) is 0.500. The average Bonchev–Trinajstić information content (AvgIpc) is 2.60. The highest BCUT2D eigenvalue weighted by atomic mass is 16.4. The molecular weight excluding hydrogens is 350 g/mol. The Morgan fingerprint density at radius 3 is 2.33 bits per heavy atom. The minimum atomic E-state index is -1.21. The molecule has 2 atom stereocenters. The molecule has 2 amide bonds. The molecule has 0 saturated heterocycles. The first kappa shape index (κ1) is 22.6. The zero-order valence-corrected chi connectivity index (χ0v) is 15.7. The van der Waals surface area contributed by atoms with Gasteiger partial charge in [-0.25, -0.2) is 4.79 Å². The second kappa shape index (κ2) is 11.3. The maximum atomic E-state index is 12.7. The fourth-order valence-corrected chi connectivity index (χ4v) is 2.50. The Bertz CT molecular complexity index is 623. The molecule has 0 aliphatic rings. The number of carbonyl (C=O) groups excluding carboxylic acids is 2. The van der Waals surface area contributed by atoms with Crippen molar-refractivity contribution in [2.24, 2.45) is 11.5 Å². The van der Waals surface area contributed by atoms with Gasteiger partial charge in [-0.05, 0) is 38.8 Å². The van der Waals surface area contributed by atoms with Crippen LogP contribution in [0, 0.1) is 0 Å². The first-order chi connectivity index (χ1) is 12.7. The van der Waals surface area contributed by atoms with E-state index >= 15 is 0 Å². The molecule has 1 aromatic carbocycles. The lowest BCUT2D eigenvalue weighted by molar-refractivity contribution is -0.130. The molecule has 1 aromatic rings. The lowest BCUT2D eigenvalue weighted by Gasteiger charge is -2.29. The first-order valence-corrected chi connectivity index (χ1v) is 8.81. The van der Waals surface area contributed by atoms with Crippen LogP contribution in [0.5, 0.6) is 0 Å². The van der Waals surface area contributed by atoms with Crippen LogP contribution < -0.4 is 22.1 Å². The number of hydrogen-bond acceptors (Lipinski definition) is 6. The van der Waals surface area contributed by atoms with Crippen molar-refractivity contribution >= 4 is 17.8 Å². The van der Waals surface area contributed by atoms with Crippen LogP contribution in [-0.2, 0) is 16.1 Å². The second-order valence-electron chi connectivity index (χ2n) is 6.37. The van der Waals surface area contributed by atoms with Crippen molar-refractivity contribution in [3.8, 4) is 0 Å². The van der Waals surface area contributed by atoms with Gasteiger partial charge in [-0.3, -0.25) is 19.8 Å². The number of carbonyl (C=O) groups is 3. The monoisotopic (exact) mass is 379 g/mol.